The molecule has 2 heterocycles. The number of β-lactam (4-membered cyclic amide) rings is 1. The Balaban J connectivity index is 2.23. The Morgan fingerprint density at radius 2 is 2.28 bits per heavy atom. The van der Waals surface area contributed by atoms with Crippen molar-refractivity contribution in [3.8, 4) is 0 Å². The number of nitrogens with zero attached hydrogens (tertiary/aromatic N) is 2. The van der Waals surface area contributed by atoms with Crippen LogP contribution in [-0.4, -0.2) is 41.7 Å². The molecule has 1 atom stereocenters. The van der Waals surface area contributed by atoms with Crippen LogP contribution in [0.1, 0.15) is 6.92 Å². The quantitative estimate of drug-likeness (QED) is 0.630. The zero-order valence-corrected chi connectivity index (χ0v) is 10.9. The van der Waals surface area contributed by atoms with E-state index >= 15 is 0 Å². The third kappa shape index (κ3) is 2.11. The molecular weight excluding hydrogens is 280 g/mol. The highest BCUT2D eigenvalue weighted by Crippen LogP contribution is 2.29. The van der Waals surface area contributed by atoms with Crippen LogP contribution >= 0.6 is 11.3 Å². The van der Waals surface area contributed by atoms with Crippen molar-refractivity contribution in [2.24, 2.45) is 0 Å². The average Bonchev–Trinajstić information content (AvgIpc) is 2.73. The van der Waals surface area contributed by atoms with Crippen LogP contribution in [0.3, 0.4) is 0 Å². The fourth-order valence-electron chi connectivity index (χ4n) is 1.71. The molecule has 2 rings (SSSR count). The van der Waals surface area contributed by atoms with Crippen molar-refractivity contribution >= 4 is 38.5 Å². The number of carbonyl (C=O) groups excluding carboxylic acids is 2. The van der Waals surface area contributed by atoms with Gasteiger partial charge < -0.3 is 0 Å². The van der Waals surface area contributed by atoms with Gasteiger partial charge in [0.2, 0.25) is 5.91 Å². The molecule has 1 unspecified atom stereocenters. The van der Waals surface area contributed by atoms with Gasteiger partial charge in [-0.3, -0.25) is 19.0 Å². The number of rotatable bonds is 3. The lowest BCUT2D eigenvalue weighted by molar-refractivity contribution is -0.138. The third-order valence-corrected chi connectivity index (χ3v) is 4.30. The number of anilines is 1. The Morgan fingerprint density at radius 3 is 2.67 bits per heavy atom. The van der Waals surface area contributed by atoms with E-state index in [0.29, 0.717) is 9.31 Å². The molecule has 0 saturated carbocycles. The standard InChI is InChI=1S/C9H10N2O5S2/c1-6(12)11(8-3-2-4-17-8)7-5-10(9(7)13)18(14,15)16/h2-4,7H,5H2,1H3,(H,14,15,16). The summed E-state index contributed by atoms with van der Waals surface area (Å²) in [5.74, 6) is -1.16. The maximum atomic E-state index is 11.6. The van der Waals surface area contributed by atoms with Gasteiger partial charge in [-0.05, 0) is 17.5 Å². The van der Waals surface area contributed by atoms with Gasteiger partial charge in [0.1, 0.15) is 6.04 Å². The van der Waals surface area contributed by atoms with Gasteiger partial charge in [0.05, 0.1) is 11.5 Å². The minimum atomic E-state index is -4.53. The molecule has 0 aliphatic carbocycles. The van der Waals surface area contributed by atoms with Crippen LogP contribution in [0.5, 0.6) is 0 Å². The molecular formula is C9H10N2O5S2. The number of hydrogen-bond acceptors (Lipinski definition) is 5. The van der Waals surface area contributed by atoms with Crippen molar-refractivity contribution in [3.63, 3.8) is 0 Å². The Hall–Kier alpha value is -1.45. The summed E-state index contributed by atoms with van der Waals surface area (Å²) in [5.41, 5.74) is 0. The Bertz CT molecular complexity index is 580. The van der Waals surface area contributed by atoms with E-state index in [9.17, 15) is 18.0 Å². The molecule has 1 fully saturated rings. The highest BCUT2D eigenvalue weighted by Gasteiger charge is 2.48. The van der Waals surface area contributed by atoms with E-state index in [1.54, 1.807) is 17.5 Å². The SMILES string of the molecule is CC(=O)N(c1cccs1)C1CN(S(=O)(=O)O)C1=O. The normalized spacial score (nSPS) is 19.6. The van der Waals surface area contributed by atoms with E-state index < -0.39 is 22.3 Å². The average molecular weight is 290 g/mol. The number of hydrogen-bond donors (Lipinski definition) is 1. The van der Waals surface area contributed by atoms with Crippen LogP contribution in [0.2, 0.25) is 0 Å². The number of amides is 2. The molecule has 1 aliphatic heterocycles. The molecule has 18 heavy (non-hydrogen) atoms. The fourth-order valence-corrected chi connectivity index (χ4v) is 3.22. The van der Waals surface area contributed by atoms with E-state index in [1.807, 2.05) is 0 Å². The summed E-state index contributed by atoms with van der Waals surface area (Å²) >= 11 is 1.27. The minimum absolute atomic E-state index is 0.227. The Kier molecular flexibility index (Phi) is 3.13. The smallest absolute Gasteiger partial charge is 0.289 e. The summed E-state index contributed by atoms with van der Waals surface area (Å²) in [6.45, 7) is 1.07. The first-order chi connectivity index (χ1) is 8.32. The van der Waals surface area contributed by atoms with Crippen molar-refractivity contribution < 1.29 is 22.6 Å². The van der Waals surface area contributed by atoms with Gasteiger partial charge in [0.25, 0.3) is 5.91 Å². The zero-order valence-electron chi connectivity index (χ0n) is 9.31. The molecule has 1 aromatic heterocycles. The van der Waals surface area contributed by atoms with Gasteiger partial charge in [0, 0.05) is 6.92 Å². The zero-order chi connectivity index (χ0) is 13.5. The van der Waals surface area contributed by atoms with Crippen LogP contribution in [-0.2, 0) is 19.9 Å². The van der Waals surface area contributed by atoms with Crippen molar-refractivity contribution in [2.75, 3.05) is 11.4 Å². The van der Waals surface area contributed by atoms with Crippen LogP contribution in [0, 0.1) is 0 Å². The third-order valence-electron chi connectivity index (χ3n) is 2.54. The van der Waals surface area contributed by atoms with E-state index in [4.69, 9.17) is 4.55 Å². The largest absolute Gasteiger partial charge is 0.362 e. The van der Waals surface area contributed by atoms with Gasteiger partial charge in [-0.1, -0.05) is 0 Å². The topological polar surface area (TPSA) is 95.0 Å². The predicted molar refractivity (Wildman–Crippen MR) is 64.5 cm³/mol. The Labute approximate surface area is 107 Å². The molecule has 1 aromatic rings. The van der Waals surface area contributed by atoms with Gasteiger partial charge in [0.15, 0.2) is 0 Å². The first-order valence-corrected chi connectivity index (χ1v) is 7.22. The molecule has 2 amide bonds. The molecule has 1 saturated heterocycles. The lowest BCUT2D eigenvalue weighted by atomic mass is 10.1. The number of carbonyl (C=O) groups is 2. The second-order valence-electron chi connectivity index (χ2n) is 3.70. The second kappa shape index (κ2) is 4.34. The summed E-state index contributed by atoms with van der Waals surface area (Å²) in [6.07, 6.45) is 0. The summed E-state index contributed by atoms with van der Waals surface area (Å²) in [5, 5.41) is 2.31. The molecule has 0 bridgehead atoms. The second-order valence-corrected chi connectivity index (χ2v) is 5.97. The maximum absolute atomic E-state index is 11.6. The summed E-state index contributed by atoms with van der Waals surface area (Å²) < 4.78 is 30.7. The molecule has 1 N–H and O–H groups in total. The summed E-state index contributed by atoms with van der Waals surface area (Å²) in [7, 11) is -4.53. The summed E-state index contributed by atoms with van der Waals surface area (Å²) in [6, 6.07) is 2.51. The van der Waals surface area contributed by atoms with Crippen molar-refractivity contribution in [3.05, 3.63) is 17.5 Å². The van der Waals surface area contributed by atoms with E-state index in [2.05, 4.69) is 0 Å². The van der Waals surface area contributed by atoms with E-state index in [1.165, 1.54) is 23.2 Å². The molecule has 98 valence electrons. The molecule has 9 heteroatoms. The van der Waals surface area contributed by atoms with Crippen LogP contribution in [0.4, 0.5) is 5.00 Å². The van der Waals surface area contributed by atoms with Crippen molar-refractivity contribution in [1.29, 1.82) is 0 Å². The highest BCUT2D eigenvalue weighted by atomic mass is 32.2. The first-order valence-electron chi connectivity index (χ1n) is 4.94. The fraction of sp³-hybridized carbons (Fsp3) is 0.333. The van der Waals surface area contributed by atoms with Crippen molar-refractivity contribution in [1.82, 2.24) is 4.31 Å². The van der Waals surface area contributed by atoms with Crippen LogP contribution in [0.25, 0.3) is 0 Å². The maximum Gasteiger partial charge on any atom is 0.362 e. The lowest BCUT2D eigenvalue weighted by Gasteiger charge is -2.40. The predicted octanol–water partition coefficient (Wildman–Crippen LogP) is 0.115. The van der Waals surface area contributed by atoms with Crippen LogP contribution < -0.4 is 4.90 Å². The minimum Gasteiger partial charge on any atom is -0.289 e. The van der Waals surface area contributed by atoms with Crippen molar-refractivity contribution in [2.45, 2.75) is 13.0 Å². The number of thiophene rings is 1. The molecule has 0 radical (unpaired) electrons. The molecule has 7 nitrogen and oxygen atoms in total. The van der Waals surface area contributed by atoms with E-state index in [-0.39, 0.29) is 12.5 Å². The van der Waals surface area contributed by atoms with Gasteiger partial charge in [-0.2, -0.15) is 8.42 Å². The monoisotopic (exact) mass is 290 g/mol. The summed E-state index contributed by atoms with van der Waals surface area (Å²) in [4.78, 5) is 24.4. The van der Waals surface area contributed by atoms with E-state index in [0.717, 1.165) is 0 Å². The Morgan fingerprint density at radius 1 is 1.61 bits per heavy atom. The molecule has 1 aliphatic rings. The molecule has 0 aromatic carbocycles. The van der Waals surface area contributed by atoms with Gasteiger partial charge in [-0.15, -0.1) is 11.3 Å². The molecule has 0 spiro atoms. The highest BCUT2D eigenvalue weighted by molar-refractivity contribution is 7.84. The lowest BCUT2D eigenvalue weighted by Crippen LogP contribution is -2.66. The van der Waals surface area contributed by atoms with Gasteiger partial charge >= 0.3 is 10.3 Å². The van der Waals surface area contributed by atoms with Crippen LogP contribution in [0.15, 0.2) is 17.5 Å². The van der Waals surface area contributed by atoms with Gasteiger partial charge in [-0.25, -0.2) is 4.31 Å². The first kappa shape index (κ1) is 13.0.